The van der Waals surface area contributed by atoms with Gasteiger partial charge in [-0.25, -0.2) is 0 Å². The summed E-state index contributed by atoms with van der Waals surface area (Å²) < 4.78 is 5.74. The molecule has 0 radical (unpaired) electrons. The maximum absolute atomic E-state index is 9.08. The third-order valence-electron chi connectivity index (χ3n) is 2.97. The topological polar surface area (TPSA) is 33.0 Å². The van der Waals surface area contributed by atoms with Gasteiger partial charge in [-0.15, -0.1) is 0 Å². The number of hydrogen-bond donors (Lipinski definition) is 0. The highest BCUT2D eigenvalue weighted by Gasteiger charge is 2.16. The highest BCUT2D eigenvalue weighted by molar-refractivity contribution is 5.46. The van der Waals surface area contributed by atoms with Gasteiger partial charge in [-0.2, -0.15) is 5.26 Å². The number of ether oxygens (including phenoxy) is 1. The van der Waals surface area contributed by atoms with Gasteiger partial charge in [0.2, 0.25) is 0 Å². The van der Waals surface area contributed by atoms with E-state index in [-0.39, 0.29) is 5.41 Å². The second-order valence-electron chi connectivity index (χ2n) is 5.63. The molecule has 0 bridgehead atoms. The van der Waals surface area contributed by atoms with Crippen LogP contribution in [-0.4, -0.2) is 6.61 Å². The van der Waals surface area contributed by atoms with E-state index in [0.29, 0.717) is 12.2 Å². The van der Waals surface area contributed by atoms with Crippen molar-refractivity contribution in [1.82, 2.24) is 0 Å². The zero-order chi connectivity index (χ0) is 13.6. The molecule has 0 aliphatic carbocycles. The predicted molar refractivity (Wildman–Crippen MR) is 74.9 cm³/mol. The third-order valence-corrected chi connectivity index (χ3v) is 2.97. The number of benzene rings is 1. The van der Waals surface area contributed by atoms with Crippen LogP contribution < -0.4 is 4.74 Å². The Bertz CT molecular complexity index is 424. The Morgan fingerprint density at radius 2 is 1.94 bits per heavy atom. The van der Waals surface area contributed by atoms with Crippen LogP contribution in [0.15, 0.2) is 18.2 Å². The van der Waals surface area contributed by atoms with Crippen molar-refractivity contribution < 1.29 is 4.74 Å². The van der Waals surface area contributed by atoms with Gasteiger partial charge < -0.3 is 4.74 Å². The maximum atomic E-state index is 9.08. The highest BCUT2D eigenvalue weighted by atomic mass is 16.5. The van der Waals surface area contributed by atoms with Crippen LogP contribution in [-0.2, 0) is 5.41 Å². The van der Waals surface area contributed by atoms with Crippen molar-refractivity contribution in [2.24, 2.45) is 0 Å². The van der Waals surface area contributed by atoms with Crippen LogP contribution in [0, 0.1) is 11.3 Å². The van der Waals surface area contributed by atoms with Crippen molar-refractivity contribution in [2.75, 3.05) is 6.61 Å². The van der Waals surface area contributed by atoms with Crippen molar-refractivity contribution in [3.63, 3.8) is 0 Å². The average Bonchev–Trinajstić information content (AvgIpc) is 2.33. The molecule has 0 spiro atoms. The van der Waals surface area contributed by atoms with Crippen LogP contribution >= 0.6 is 0 Å². The lowest BCUT2D eigenvalue weighted by molar-refractivity contribution is 0.304. The van der Waals surface area contributed by atoms with Crippen LogP contribution in [0.4, 0.5) is 0 Å². The summed E-state index contributed by atoms with van der Waals surface area (Å²) >= 11 is 0. The third kappa shape index (κ3) is 4.07. The molecule has 1 rings (SSSR count). The van der Waals surface area contributed by atoms with E-state index in [2.05, 4.69) is 33.8 Å². The number of unbranched alkanes of at least 4 members (excludes halogenated alkanes) is 2. The second kappa shape index (κ2) is 6.44. The molecule has 0 N–H and O–H groups in total. The van der Waals surface area contributed by atoms with Gasteiger partial charge in [0.25, 0.3) is 0 Å². The molecule has 0 aliphatic heterocycles. The molecular formula is C16H23NO. The zero-order valence-corrected chi connectivity index (χ0v) is 11.9. The Hall–Kier alpha value is -1.49. The van der Waals surface area contributed by atoms with E-state index in [4.69, 9.17) is 10.00 Å². The summed E-state index contributed by atoms with van der Waals surface area (Å²) in [6.45, 7) is 9.34. The number of rotatable bonds is 5. The van der Waals surface area contributed by atoms with Gasteiger partial charge in [-0.05, 0) is 29.5 Å². The zero-order valence-electron chi connectivity index (χ0n) is 11.9. The lowest BCUT2D eigenvalue weighted by Crippen LogP contribution is -2.11. The molecule has 0 saturated carbocycles. The fourth-order valence-corrected chi connectivity index (χ4v) is 1.73. The Kier molecular flexibility index (Phi) is 5.22. The molecule has 0 aromatic heterocycles. The maximum Gasteiger partial charge on any atom is 0.137 e. The van der Waals surface area contributed by atoms with Gasteiger partial charge in [0.15, 0.2) is 0 Å². The van der Waals surface area contributed by atoms with E-state index in [1.165, 1.54) is 18.4 Å². The van der Waals surface area contributed by atoms with Crippen LogP contribution in [0.1, 0.15) is 58.1 Å². The van der Waals surface area contributed by atoms with Crippen LogP contribution in [0.25, 0.3) is 0 Å². The Morgan fingerprint density at radius 3 is 2.50 bits per heavy atom. The summed E-state index contributed by atoms with van der Waals surface area (Å²) in [6.07, 6.45) is 3.39. The first-order valence-corrected chi connectivity index (χ1v) is 6.66. The minimum atomic E-state index is 0.0789. The predicted octanol–water partition coefficient (Wildman–Crippen LogP) is 4.42. The normalized spacial score (nSPS) is 11.1. The van der Waals surface area contributed by atoms with Gasteiger partial charge >= 0.3 is 0 Å². The van der Waals surface area contributed by atoms with Crippen LogP contribution in [0.2, 0.25) is 0 Å². The van der Waals surface area contributed by atoms with E-state index < -0.39 is 0 Å². The molecule has 0 saturated heterocycles. The Balaban J connectivity index is 2.83. The van der Waals surface area contributed by atoms with Gasteiger partial charge in [-0.1, -0.05) is 46.6 Å². The van der Waals surface area contributed by atoms with Crippen molar-refractivity contribution in [3.05, 3.63) is 29.3 Å². The van der Waals surface area contributed by atoms with Crippen LogP contribution in [0.3, 0.4) is 0 Å². The van der Waals surface area contributed by atoms with Crippen LogP contribution in [0.5, 0.6) is 5.75 Å². The molecule has 2 nitrogen and oxygen atoms in total. The number of nitriles is 1. The molecule has 0 atom stereocenters. The average molecular weight is 245 g/mol. The number of hydrogen-bond acceptors (Lipinski definition) is 2. The number of nitrogens with zero attached hydrogens (tertiary/aromatic N) is 1. The molecule has 0 unspecified atom stereocenters. The SMILES string of the molecule is CCCCCOc1cc(C(C)(C)C)ccc1C#N. The first-order valence-electron chi connectivity index (χ1n) is 6.66. The summed E-state index contributed by atoms with van der Waals surface area (Å²) in [5.74, 6) is 0.723. The highest BCUT2D eigenvalue weighted by Crippen LogP contribution is 2.28. The van der Waals surface area contributed by atoms with Gasteiger partial charge in [0.1, 0.15) is 11.8 Å². The summed E-state index contributed by atoms with van der Waals surface area (Å²) in [6, 6.07) is 8.06. The van der Waals surface area contributed by atoms with Gasteiger partial charge in [-0.3, -0.25) is 0 Å². The first kappa shape index (κ1) is 14.6. The molecular weight excluding hydrogens is 222 g/mol. The van der Waals surface area contributed by atoms with Crippen molar-refractivity contribution in [3.8, 4) is 11.8 Å². The fourth-order valence-electron chi connectivity index (χ4n) is 1.73. The lowest BCUT2D eigenvalue weighted by atomic mass is 9.86. The van der Waals surface area contributed by atoms with Crippen molar-refractivity contribution in [2.45, 2.75) is 52.4 Å². The quantitative estimate of drug-likeness (QED) is 0.719. The molecule has 0 aliphatic rings. The van der Waals surface area contributed by atoms with E-state index in [1.54, 1.807) is 0 Å². The molecule has 0 amide bonds. The summed E-state index contributed by atoms with van der Waals surface area (Å²) in [5.41, 5.74) is 1.90. The van der Waals surface area contributed by atoms with E-state index in [1.807, 2.05) is 18.2 Å². The fraction of sp³-hybridized carbons (Fsp3) is 0.562. The minimum Gasteiger partial charge on any atom is -0.492 e. The molecule has 98 valence electrons. The lowest BCUT2D eigenvalue weighted by Gasteiger charge is -2.20. The largest absolute Gasteiger partial charge is 0.492 e. The standard InChI is InChI=1S/C16H23NO/c1-5-6-7-10-18-15-11-14(16(2,3)4)9-8-13(15)12-17/h8-9,11H,5-7,10H2,1-4H3. The van der Waals surface area contributed by atoms with Crippen molar-refractivity contribution in [1.29, 1.82) is 5.26 Å². The van der Waals surface area contributed by atoms with E-state index in [0.717, 1.165) is 12.2 Å². The summed E-state index contributed by atoms with van der Waals surface area (Å²) in [7, 11) is 0. The molecule has 1 aromatic rings. The van der Waals surface area contributed by atoms with Crippen molar-refractivity contribution >= 4 is 0 Å². The van der Waals surface area contributed by atoms with E-state index >= 15 is 0 Å². The summed E-state index contributed by atoms with van der Waals surface area (Å²) in [4.78, 5) is 0. The molecule has 0 heterocycles. The Morgan fingerprint density at radius 1 is 1.22 bits per heavy atom. The van der Waals surface area contributed by atoms with Gasteiger partial charge in [0.05, 0.1) is 12.2 Å². The molecule has 18 heavy (non-hydrogen) atoms. The molecule has 0 fully saturated rings. The van der Waals surface area contributed by atoms with Gasteiger partial charge in [0, 0.05) is 0 Å². The Labute approximate surface area is 111 Å². The first-order chi connectivity index (χ1) is 8.49. The smallest absolute Gasteiger partial charge is 0.137 e. The minimum absolute atomic E-state index is 0.0789. The summed E-state index contributed by atoms with van der Waals surface area (Å²) in [5, 5.41) is 9.08. The second-order valence-corrected chi connectivity index (χ2v) is 5.63. The monoisotopic (exact) mass is 245 g/mol. The molecule has 1 aromatic carbocycles. The molecule has 2 heteroatoms. The van der Waals surface area contributed by atoms with E-state index in [9.17, 15) is 0 Å².